The monoisotopic (exact) mass is 466 g/mol. The maximum Gasteiger partial charge on any atom is 0.262 e. The molecule has 1 amide bonds. The van der Waals surface area contributed by atoms with E-state index >= 15 is 0 Å². The van der Waals surface area contributed by atoms with Crippen LogP contribution in [-0.2, 0) is 23.0 Å². The molecule has 0 bridgehead atoms. The molecule has 0 fully saturated rings. The largest absolute Gasteiger partial charge is 0.495 e. The maximum absolute atomic E-state index is 13.2. The van der Waals surface area contributed by atoms with Crippen molar-refractivity contribution in [2.45, 2.75) is 24.8 Å². The third-order valence-electron chi connectivity index (χ3n) is 5.53. The lowest BCUT2D eigenvalue weighted by atomic mass is 9.99. The Morgan fingerprint density at radius 2 is 1.85 bits per heavy atom. The van der Waals surface area contributed by atoms with Crippen molar-refractivity contribution < 1.29 is 22.7 Å². The van der Waals surface area contributed by atoms with Crippen LogP contribution in [0.15, 0.2) is 71.6 Å². The Kier molecular flexibility index (Phi) is 6.55. The molecular formula is C25H26N2O5S. The number of para-hydroxylation sites is 2. The number of carbonyl (C=O) groups excluding carboxylic acids is 1. The van der Waals surface area contributed by atoms with Gasteiger partial charge in [-0.15, -0.1) is 0 Å². The Balaban J connectivity index is 1.55. The molecule has 0 unspecified atom stereocenters. The van der Waals surface area contributed by atoms with Crippen LogP contribution in [0.1, 0.15) is 28.4 Å². The van der Waals surface area contributed by atoms with Crippen molar-refractivity contribution in [1.29, 1.82) is 0 Å². The summed E-state index contributed by atoms with van der Waals surface area (Å²) < 4.78 is 39.3. The number of anilines is 1. The molecule has 1 N–H and O–H groups in total. The van der Waals surface area contributed by atoms with Gasteiger partial charge in [0, 0.05) is 18.7 Å². The molecule has 3 aromatic carbocycles. The molecule has 7 nitrogen and oxygen atoms in total. The summed E-state index contributed by atoms with van der Waals surface area (Å²) in [5.74, 6) is 0.976. The van der Waals surface area contributed by atoms with E-state index in [2.05, 4.69) is 4.72 Å². The second kappa shape index (κ2) is 9.54. The number of rotatable bonds is 7. The molecular weight excluding hydrogens is 440 g/mol. The summed E-state index contributed by atoms with van der Waals surface area (Å²) in [5.41, 5.74) is 2.89. The van der Waals surface area contributed by atoms with Gasteiger partial charge in [0.15, 0.2) is 0 Å². The number of nitrogens with zero attached hydrogens (tertiary/aromatic N) is 1. The van der Waals surface area contributed by atoms with E-state index < -0.39 is 10.0 Å². The van der Waals surface area contributed by atoms with Crippen LogP contribution in [0, 0.1) is 0 Å². The van der Waals surface area contributed by atoms with Gasteiger partial charge in [0.05, 0.1) is 24.3 Å². The average molecular weight is 467 g/mol. The number of sulfonamides is 1. The fraction of sp³-hybridized carbons (Fsp3) is 0.240. The summed E-state index contributed by atoms with van der Waals surface area (Å²) in [5, 5.41) is 0. The van der Waals surface area contributed by atoms with E-state index in [0.29, 0.717) is 36.7 Å². The Labute approximate surface area is 194 Å². The van der Waals surface area contributed by atoms with Gasteiger partial charge in [0.1, 0.15) is 11.5 Å². The highest BCUT2D eigenvalue weighted by Crippen LogP contribution is 2.28. The summed E-state index contributed by atoms with van der Waals surface area (Å²) in [6, 6.07) is 18.8. The van der Waals surface area contributed by atoms with Crippen molar-refractivity contribution in [3.63, 3.8) is 0 Å². The molecule has 0 saturated carbocycles. The molecule has 0 saturated heterocycles. The minimum Gasteiger partial charge on any atom is -0.495 e. The molecule has 3 aromatic rings. The normalized spacial score (nSPS) is 13.2. The van der Waals surface area contributed by atoms with Crippen molar-refractivity contribution >= 4 is 21.6 Å². The summed E-state index contributed by atoms with van der Waals surface area (Å²) in [6.07, 6.45) is 0.737. The highest BCUT2D eigenvalue weighted by Gasteiger charge is 2.24. The van der Waals surface area contributed by atoms with Crippen LogP contribution >= 0.6 is 0 Å². The summed E-state index contributed by atoms with van der Waals surface area (Å²) in [6.45, 7) is 3.52. The van der Waals surface area contributed by atoms with E-state index in [1.54, 1.807) is 41.3 Å². The number of nitrogens with one attached hydrogen (secondary N) is 1. The number of methoxy groups -OCH3 is 1. The number of hydrogen-bond donors (Lipinski definition) is 1. The van der Waals surface area contributed by atoms with Crippen molar-refractivity contribution in [3.05, 3.63) is 83.4 Å². The zero-order valence-electron chi connectivity index (χ0n) is 18.6. The molecule has 0 radical (unpaired) electrons. The van der Waals surface area contributed by atoms with Gasteiger partial charge in [-0.2, -0.15) is 0 Å². The number of hydrogen-bond acceptors (Lipinski definition) is 5. The minimum atomic E-state index is -3.91. The minimum absolute atomic E-state index is 0.00953. The Bertz CT molecular complexity index is 1270. The third kappa shape index (κ3) is 4.96. The first-order valence-electron chi connectivity index (χ1n) is 10.7. The van der Waals surface area contributed by atoms with Gasteiger partial charge in [-0.3, -0.25) is 9.52 Å². The number of ether oxygens (including phenoxy) is 2. The average Bonchev–Trinajstić information content (AvgIpc) is 2.83. The fourth-order valence-corrected chi connectivity index (χ4v) is 4.99. The van der Waals surface area contributed by atoms with Gasteiger partial charge >= 0.3 is 0 Å². The van der Waals surface area contributed by atoms with E-state index in [-0.39, 0.29) is 10.8 Å². The van der Waals surface area contributed by atoms with Crippen LogP contribution in [0.3, 0.4) is 0 Å². The van der Waals surface area contributed by atoms with E-state index in [4.69, 9.17) is 9.47 Å². The zero-order chi connectivity index (χ0) is 23.4. The lowest BCUT2D eigenvalue weighted by Crippen LogP contribution is -2.36. The molecule has 172 valence electrons. The first-order chi connectivity index (χ1) is 15.9. The van der Waals surface area contributed by atoms with Crippen molar-refractivity contribution in [3.8, 4) is 11.5 Å². The molecule has 0 aliphatic carbocycles. The Hall–Kier alpha value is -3.52. The molecule has 1 heterocycles. The van der Waals surface area contributed by atoms with E-state index in [0.717, 1.165) is 17.7 Å². The predicted molar refractivity (Wildman–Crippen MR) is 126 cm³/mol. The highest BCUT2D eigenvalue weighted by atomic mass is 32.2. The SMILES string of the molecule is CCOc1ccc2c(c1)CN(C(=O)c1cccc(S(=O)(=O)Nc3ccccc3OC)c1)CC2. The summed E-state index contributed by atoms with van der Waals surface area (Å²) in [4.78, 5) is 15.0. The van der Waals surface area contributed by atoms with Gasteiger partial charge in [-0.25, -0.2) is 8.42 Å². The lowest BCUT2D eigenvalue weighted by molar-refractivity contribution is 0.0734. The van der Waals surface area contributed by atoms with Crippen molar-refractivity contribution in [1.82, 2.24) is 4.90 Å². The maximum atomic E-state index is 13.2. The topological polar surface area (TPSA) is 84.9 Å². The van der Waals surface area contributed by atoms with E-state index in [1.807, 2.05) is 25.1 Å². The van der Waals surface area contributed by atoms with Gasteiger partial charge < -0.3 is 14.4 Å². The fourth-order valence-electron chi connectivity index (χ4n) is 3.87. The third-order valence-corrected chi connectivity index (χ3v) is 6.89. The van der Waals surface area contributed by atoms with Crippen LogP contribution in [-0.4, -0.2) is 39.5 Å². The Morgan fingerprint density at radius 1 is 1.03 bits per heavy atom. The summed E-state index contributed by atoms with van der Waals surface area (Å²) >= 11 is 0. The quantitative estimate of drug-likeness (QED) is 0.567. The second-order valence-corrected chi connectivity index (χ2v) is 9.36. The number of benzene rings is 3. The van der Waals surface area contributed by atoms with Gasteiger partial charge in [-0.05, 0) is 66.9 Å². The molecule has 1 aliphatic rings. The highest BCUT2D eigenvalue weighted by molar-refractivity contribution is 7.92. The second-order valence-electron chi connectivity index (χ2n) is 7.67. The molecule has 8 heteroatoms. The van der Waals surface area contributed by atoms with Crippen LogP contribution in [0.4, 0.5) is 5.69 Å². The van der Waals surface area contributed by atoms with Crippen LogP contribution < -0.4 is 14.2 Å². The van der Waals surface area contributed by atoms with Crippen molar-refractivity contribution in [2.75, 3.05) is 25.0 Å². The number of carbonyl (C=O) groups is 1. The first kappa shape index (κ1) is 22.7. The van der Waals surface area contributed by atoms with Crippen LogP contribution in [0.5, 0.6) is 11.5 Å². The van der Waals surface area contributed by atoms with Crippen molar-refractivity contribution in [2.24, 2.45) is 0 Å². The first-order valence-corrected chi connectivity index (χ1v) is 12.2. The molecule has 0 atom stereocenters. The molecule has 0 spiro atoms. The summed E-state index contributed by atoms with van der Waals surface area (Å²) in [7, 11) is -2.44. The van der Waals surface area contributed by atoms with Gasteiger partial charge in [0.25, 0.3) is 15.9 Å². The smallest absolute Gasteiger partial charge is 0.262 e. The Morgan fingerprint density at radius 3 is 2.64 bits per heavy atom. The van der Waals surface area contributed by atoms with E-state index in [1.165, 1.54) is 24.8 Å². The number of fused-ring (bicyclic) bond motifs is 1. The van der Waals surface area contributed by atoms with Gasteiger partial charge in [-0.1, -0.05) is 24.3 Å². The molecule has 33 heavy (non-hydrogen) atoms. The van der Waals surface area contributed by atoms with Gasteiger partial charge in [0.2, 0.25) is 0 Å². The van der Waals surface area contributed by atoms with Crippen LogP contribution in [0.2, 0.25) is 0 Å². The molecule has 0 aromatic heterocycles. The molecule has 4 rings (SSSR count). The van der Waals surface area contributed by atoms with E-state index in [9.17, 15) is 13.2 Å². The standard InChI is InChI=1S/C25H26N2O5S/c1-3-32-21-12-11-18-13-14-27(17-20(18)15-21)25(28)19-7-6-8-22(16-19)33(29,30)26-23-9-4-5-10-24(23)31-2/h4-12,15-16,26H,3,13-14,17H2,1-2H3. The zero-order valence-corrected chi connectivity index (χ0v) is 19.4. The number of amides is 1. The lowest BCUT2D eigenvalue weighted by Gasteiger charge is -2.29. The van der Waals surface area contributed by atoms with Crippen LogP contribution in [0.25, 0.3) is 0 Å². The molecule has 1 aliphatic heterocycles. The predicted octanol–water partition coefficient (Wildman–Crippen LogP) is 4.09.